The van der Waals surface area contributed by atoms with Crippen molar-refractivity contribution in [1.82, 2.24) is 9.97 Å². The van der Waals surface area contributed by atoms with Crippen LogP contribution in [0.2, 0.25) is 10.0 Å². The first-order valence-electron chi connectivity index (χ1n) is 7.81. The third-order valence-electron chi connectivity index (χ3n) is 3.66. The Labute approximate surface area is 171 Å². The van der Waals surface area contributed by atoms with E-state index in [4.69, 9.17) is 23.2 Å². The van der Waals surface area contributed by atoms with E-state index in [-0.39, 0.29) is 33.1 Å². The van der Waals surface area contributed by atoms with Crippen molar-refractivity contribution in [3.05, 3.63) is 74.5 Å². The lowest BCUT2D eigenvalue weighted by atomic mass is 10.2. The molecule has 29 heavy (non-hydrogen) atoms. The van der Waals surface area contributed by atoms with E-state index in [9.17, 15) is 23.3 Å². The van der Waals surface area contributed by atoms with Crippen LogP contribution in [0.3, 0.4) is 0 Å². The normalized spacial score (nSPS) is 11.2. The molecule has 0 radical (unpaired) electrons. The Hall–Kier alpha value is -3.11. The van der Waals surface area contributed by atoms with Crippen molar-refractivity contribution in [3.63, 3.8) is 0 Å². The Morgan fingerprint density at radius 3 is 2.31 bits per heavy atom. The van der Waals surface area contributed by atoms with Crippen LogP contribution in [0.4, 0.5) is 41.9 Å². The predicted molar refractivity (Wildman–Crippen MR) is 103 cm³/mol. The van der Waals surface area contributed by atoms with E-state index >= 15 is 0 Å². The molecule has 1 heterocycles. The van der Waals surface area contributed by atoms with Gasteiger partial charge in [-0.1, -0.05) is 35.3 Å². The quantitative estimate of drug-likeness (QED) is 0.360. The molecule has 1 aromatic heterocycles. The first-order valence-corrected chi connectivity index (χ1v) is 8.57. The van der Waals surface area contributed by atoms with Crippen molar-refractivity contribution in [3.8, 4) is 0 Å². The Morgan fingerprint density at radius 1 is 1.00 bits per heavy atom. The van der Waals surface area contributed by atoms with E-state index in [1.54, 1.807) is 6.07 Å². The average molecular weight is 444 g/mol. The number of nitrogens with zero attached hydrogens (tertiary/aromatic N) is 3. The van der Waals surface area contributed by atoms with Crippen molar-refractivity contribution in [1.29, 1.82) is 0 Å². The summed E-state index contributed by atoms with van der Waals surface area (Å²) in [5, 5.41) is 17.2. The summed E-state index contributed by atoms with van der Waals surface area (Å²) in [6.45, 7) is 0. The average Bonchev–Trinajstić information content (AvgIpc) is 2.65. The SMILES string of the molecule is O=[N+]([O-])c1c(Nc2cccc(C(F)(F)F)c2)ncnc1Nc1cccc(Cl)c1Cl. The van der Waals surface area contributed by atoms with E-state index in [1.165, 1.54) is 24.3 Å². The molecule has 3 aromatic rings. The number of nitrogens with one attached hydrogen (secondary N) is 2. The molecule has 0 saturated heterocycles. The summed E-state index contributed by atoms with van der Waals surface area (Å²) in [4.78, 5) is 18.5. The summed E-state index contributed by atoms with van der Waals surface area (Å²) in [7, 11) is 0. The molecule has 0 aliphatic carbocycles. The van der Waals surface area contributed by atoms with Crippen molar-refractivity contribution < 1.29 is 18.1 Å². The highest BCUT2D eigenvalue weighted by molar-refractivity contribution is 6.43. The molecule has 12 heteroatoms. The van der Waals surface area contributed by atoms with E-state index in [1.807, 2.05) is 0 Å². The molecule has 2 N–H and O–H groups in total. The van der Waals surface area contributed by atoms with Gasteiger partial charge in [0, 0.05) is 5.69 Å². The summed E-state index contributed by atoms with van der Waals surface area (Å²) in [6.07, 6.45) is -3.55. The number of anilines is 4. The third-order valence-corrected chi connectivity index (χ3v) is 4.48. The molecule has 0 aliphatic heterocycles. The van der Waals surface area contributed by atoms with Crippen molar-refractivity contribution >= 4 is 51.9 Å². The van der Waals surface area contributed by atoms with Gasteiger partial charge in [-0.25, -0.2) is 9.97 Å². The van der Waals surface area contributed by atoms with Gasteiger partial charge in [0.1, 0.15) is 6.33 Å². The Kier molecular flexibility index (Phi) is 5.76. The molecule has 0 saturated carbocycles. The van der Waals surface area contributed by atoms with E-state index in [0.29, 0.717) is 0 Å². The molecule has 150 valence electrons. The molecule has 7 nitrogen and oxygen atoms in total. The minimum Gasteiger partial charge on any atom is -0.334 e. The van der Waals surface area contributed by atoms with Gasteiger partial charge in [0.25, 0.3) is 0 Å². The van der Waals surface area contributed by atoms with Gasteiger partial charge in [0.05, 0.1) is 26.2 Å². The molecule has 2 aromatic carbocycles. The first kappa shape index (κ1) is 20.6. The summed E-state index contributed by atoms with van der Waals surface area (Å²) in [5.41, 5.74) is -1.27. The highest BCUT2D eigenvalue weighted by Gasteiger charge is 2.31. The van der Waals surface area contributed by atoms with Crippen LogP contribution in [0.25, 0.3) is 0 Å². The fraction of sp³-hybridized carbons (Fsp3) is 0.0588. The standard InChI is InChI=1S/C17H10Cl2F3N5O2/c18-11-5-2-6-12(13(11)19)26-16-14(27(28)29)15(23-8-24-16)25-10-4-1-3-9(7-10)17(20,21)22/h1-8H,(H2,23,24,25,26). The maximum Gasteiger partial charge on any atom is 0.416 e. The van der Waals surface area contributed by atoms with Crippen LogP contribution in [0.1, 0.15) is 5.56 Å². The maximum atomic E-state index is 12.9. The van der Waals surface area contributed by atoms with Gasteiger partial charge in [-0.05, 0) is 30.3 Å². The maximum absolute atomic E-state index is 12.9. The van der Waals surface area contributed by atoms with Gasteiger partial charge in [0.15, 0.2) is 0 Å². The predicted octanol–water partition coefficient (Wildman–Crippen LogP) is 6.20. The fourth-order valence-electron chi connectivity index (χ4n) is 2.37. The van der Waals surface area contributed by atoms with Crippen LogP contribution in [0.15, 0.2) is 48.8 Å². The lowest BCUT2D eigenvalue weighted by Gasteiger charge is -2.12. The van der Waals surface area contributed by atoms with Gasteiger partial charge in [0.2, 0.25) is 11.6 Å². The third kappa shape index (κ3) is 4.66. The van der Waals surface area contributed by atoms with Crippen LogP contribution in [0.5, 0.6) is 0 Å². The number of nitro groups is 1. The van der Waals surface area contributed by atoms with Crippen LogP contribution >= 0.6 is 23.2 Å². The number of halogens is 5. The van der Waals surface area contributed by atoms with Crippen LogP contribution in [-0.4, -0.2) is 14.9 Å². The number of hydrogen-bond donors (Lipinski definition) is 2. The number of aromatic nitrogens is 2. The summed E-state index contributed by atoms with van der Waals surface area (Å²) in [5.74, 6) is -0.520. The minimum atomic E-state index is -4.56. The minimum absolute atomic E-state index is 0.0339. The number of hydrogen-bond acceptors (Lipinski definition) is 6. The molecule has 0 aliphatic rings. The van der Waals surface area contributed by atoms with Gasteiger partial charge in [-0.2, -0.15) is 13.2 Å². The van der Waals surface area contributed by atoms with Crippen molar-refractivity contribution in [2.75, 3.05) is 10.6 Å². The smallest absolute Gasteiger partial charge is 0.334 e. The zero-order valence-electron chi connectivity index (χ0n) is 14.2. The number of benzene rings is 2. The zero-order chi connectivity index (χ0) is 21.2. The Bertz CT molecular complexity index is 1080. The van der Waals surface area contributed by atoms with Gasteiger partial charge < -0.3 is 10.6 Å². The molecule has 0 fully saturated rings. The molecule has 0 unspecified atom stereocenters. The lowest BCUT2D eigenvalue weighted by Crippen LogP contribution is -2.07. The van der Waals surface area contributed by atoms with Gasteiger partial charge >= 0.3 is 11.9 Å². The molecule has 0 amide bonds. The van der Waals surface area contributed by atoms with E-state index in [2.05, 4.69) is 20.6 Å². The summed E-state index contributed by atoms with van der Waals surface area (Å²) < 4.78 is 38.7. The second kappa shape index (κ2) is 8.10. The van der Waals surface area contributed by atoms with Crippen LogP contribution in [0, 0.1) is 10.1 Å². The van der Waals surface area contributed by atoms with Crippen LogP contribution in [-0.2, 0) is 6.18 Å². The second-order valence-electron chi connectivity index (χ2n) is 5.61. The Morgan fingerprint density at radius 2 is 1.66 bits per heavy atom. The molecule has 3 rings (SSSR count). The molecular formula is C17H10Cl2F3N5O2. The van der Waals surface area contributed by atoms with Crippen LogP contribution < -0.4 is 10.6 Å². The molecule has 0 atom stereocenters. The van der Waals surface area contributed by atoms with Gasteiger partial charge in [-0.15, -0.1) is 0 Å². The Balaban J connectivity index is 2.00. The molecule has 0 bridgehead atoms. The van der Waals surface area contributed by atoms with Gasteiger partial charge in [-0.3, -0.25) is 10.1 Å². The fourth-order valence-corrected chi connectivity index (χ4v) is 2.72. The first-order chi connectivity index (χ1) is 13.7. The number of alkyl halides is 3. The largest absolute Gasteiger partial charge is 0.416 e. The highest BCUT2D eigenvalue weighted by Crippen LogP contribution is 2.37. The van der Waals surface area contributed by atoms with Crippen molar-refractivity contribution in [2.45, 2.75) is 6.18 Å². The zero-order valence-corrected chi connectivity index (χ0v) is 15.7. The topological polar surface area (TPSA) is 93.0 Å². The molecule has 0 spiro atoms. The monoisotopic (exact) mass is 443 g/mol. The van der Waals surface area contributed by atoms with Crippen molar-refractivity contribution in [2.24, 2.45) is 0 Å². The highest BCUT2D eigenvalue weighted by atomic mass is 35.5. The van der Waals surface area contributed by atoms with E-state index in [0.717, 1.165) is 18.5 Å². The second-order valence-corrected chi connectivity index (χ2v) is 6.39. The number of rotatable bonds is 5. The van der Waals surface area contributed by atoms with E-state index < -0.39 is 22.4 Å². The lowest BCUT2D eigenvalue weighted by molar-refractivity contribution is -0.383. The summed E-state index contributed by atoms with van der Waals surface area (Å²) >= 11 is 12.0. The molecular weight excluding hydrogens is 434 g/mol. The summed E-state index contributed by atoms with van der Waals surface area (Å²) in [6, 6.07) is 8.82.